The number of ether oxygens (including phenoxy) is 1. The Bertz CT molecular complexity index is 524. The number of halogens is 1. The van der Waals surface area contributed by atoms with E-state index in [0.29, 0.717) is 5.76 Å². The lowest BCUT2D eigenvalue weighted by atomic mass is 10.2. The van der Waals surface area contributed by atoms with Crippen LogP contribution in [0.5, 0.6) is 5.75 Å². The molecule has 1 aromatic carbocycles. The predicted octanol–water partition coefficient (Wildman–Crippen LogP) is 2.09. The van der Waals surface area contributed by atoms with Gasteiger partial charge in [0.05, 0.1) is 6.20 Å². The maximum absolute atomic E-state index is 13.3. The molecule has 1 aromatic heterocycles. The molecule has 0 aliphatic rings. The Hall–Kier alpha value is -2.37. The van der Waals surface area contributed by atoms with Gasteiger partial charge in [-0.3, -0.25) is 0 Å². The van der Waals surface area contributed by atoms with Gasteiger partial charge in [0.15, 0.2) is 5.76 Å². The number of benzene rings is 1. The van der Waals surface area contributed by atoms with E-state index in [4.69, 9.17) is 14.4 Å². The third-order valence-electron chi connectivity index (χ3n) is 2.05. The summed E-state index contributed by atoms with van der Waals surface area (Å²) in [6.45, 7) is -0.0102. The van der Waals surface area contributed by atoms with Crippen molar-refractivity contribution in [2.45, 2.75) is 6.61 Å². The molecular weight excluding hydrogens is 229 g/mol. The molecule has 6 heteroatoms. The first-order chi connectivity index (χ1) is 8.18. The summed E-state index contributed by atoms with van der Waals surface area (Å²) in [5.74, 6) is -1.84. The van der Waals surface area contributed by atoms with Crippen LogP contribution in [0.15, 0.2) is 35.0 Å². The monoisotopic (exact) mass is 237 g/mol. The van der Waals surface area contributed by atoms with Crippen molar-refractivity contribution in [1.29, 1.82) is 0 Å². The van der Waals surface area contributed by atoms with E-state index >= 15 is 0 Å². The van der Waals surface area contributed by atoms with Crippen LogP contribution in [0.2, 0.25) is 0 Å². The first-order valence-electron chi connectivity index (χ1n) is 4.72. The molecule has 88 valence electrons. The largest absolute Gasteiger partial charge is 0.485 e. The molecule has 0 unspecified atom stereocenters. The summed E-state index contributed by atoms with van der Waals surface area (Å²) in [7, 11) is 0. The van der Waals surface area contributed by atoms with E-state index in [9.17, 15) is 9.18 Å². The lowest BCUT2D eigenvalue weighted by Crippen LogP contribution is -2.05. The van der Waals surface area contributed by atoms with E-state index in [1.165, 1.54) is 18.3 Å². The number of rotatable bonds is 4. The zero-order valence-electron chi connectivity index (χ0n) is 8.59. The Labute approximate surface area is 95.4 Å². The Kier molecular flexibility index (Phi) is 3.04. The summed E-state index contributed by atoms with van der Waals surface area (Å²) in [6.07, 6.45) is 1.43. The highest BCUT2D eigenvalue weighted by Crippen LogP contribution is 2.22. The molecule has 0 fully saturated rings. The lowest BCUT2D eigenvalue weighted by molar-refractivity contribution is 0.0685. The number of carboxylic acid groups (broad SMARTS) is 1. The Morgan fingerprint density at radius 3 is 2.94 bits per heavy atom. The molecule has 0 spiro atoms. The van der Waals surface area contributed by atoms with Gasteiger partial charge in [-0.05, 0) is 12.1 Å². The van der Waals surface area contributed by atoms with Crippen LogP contribution in [0.4, 0.5) is 4.39 Å². The zero-order valence-corrected chi connectivity index (χ0v) is 8.59. The number of carbonyl (C=O) groups is 1. The van der Waals surface area contributed by atoms with Crippen LogP contribution in [0.3, 0.4) is 0 Å². The van der Waals surface area contributed by atoms with Crippen molar-refractivity contribution < 1.29 is 23.6 Å². The molecule has 1 N–H and O–H groups in total. The topological polar surface area (TPSA) is 72.6 Å². The molecule has 0 radical (unpaired) electrons. The number of carboxylic acids is 1. The van der Waals surface area contributed by atoms with Crippen molar-refractivity contribution in [3.8, 4) is 5.75 Å². The third kappa shape index (κ3) is 2.41. The van der Waals surface area contributed by atoms with E-state index in [-0.39, 0.29) is 12.4 Å². The van der Waals surface area contributed by atoms with E-state index in [0.717, 1.165) is 6.07 Å². The molecule has 0 aliphatic heterocycles. The highest BCUT2D eigenvalue weighted by Gasteiger charge is 2.17. The molecule has 0 saturated heterocycles. The van der Waals surface area contributed by atoms with Gasteiger partial charge < -0.3 is 14.4 Å². The predicted molar refractivity (Wildman–Crippen MR) is 54.2 cm³/mol. The number of nitrogens with zero attached hydrogens (tertiary/aromatic N) is 1. The van der Waals surface area contributed by atoms with Crippen LogP contribution in [-0.2, 0) is 6.61 Å². The van der Waals surface area contributed by atoms with Crippen molar-refractivity contribution in [3.05, 3.63) is 47.6 Å². The average Bonchev–Trinajstić information content (AvgIpc) is 2.78. The smallest absolute Gasteiger partial charge is 0.342 e. The van der Waals surface area contributed by atoms with Crippen molar-refractivity contribution in [2.24, 2.45) is 0 Å². The summed E-state index contributed by atoms with van der Waals surface area (Å²) in [5.41, 5.74) is -0.494. The summed E-state index contributed by atoms with van der Waals surface area (Å²) in [5, 5.41) is 12.3. The molecule has 0 aliphatic carbocycles. The molecule has 1 heterocycles. The zero-order chi connectivity index (χ0) is 12.3. The quantitative estimate of drug-likeness (QED) is 0.881. The first-order valence-corrected chi connectivity index (χ1v) is 4.72. The Balaban J connectivity index is 2.21. The normalized spacial score (nSPS) is 10.2. The van der Waals surface area contributed by atoms with Gasteiger partial charge in [0.2, 0.25) is 0 Å². The molecule has 0 atom stereocenters. The fourth-order valence-corrected chi connectivity index (χ4v) is 1.30. The molecule has 0 saturated carbocycles. The number of aromatic nitrogens is 1. The van der Waals surface area contributed by atoms with Crippen LogP contribution >= 0.6 is 0 Å². The maximum atomic E-state index is 13.3. The Morgan fingerprint density at radius 1 is 1.47 bits per heavy atom. The van der Waals surface area contributed by atoms with Crippen LogP contribution in [0, 0.1) is 5.82 Å². The van der Waals surface area contributed by atoms with Crippen molar-refractivity contribution >= 4 is 5.97 Å². The van der Waals surface area contributed by atoms with E-state index < -0.39 is 17.3 Å². The fourth-order valence-electron chi connectivity index (χ4n) is 1.30. The lowest BCUT2D eigenvalue weighted by Gasteiger charge is -2.07. The number of hydrogen-bond donors (Lipinski definition) is 1. The minimum Gasteiger partial charge on any atom is -0.485 e. The van der Waals surface area contributed by atoms with Crippen LogP contribution in [0.25, 0.3) is 0 Å². The van der Waals surface area contributed by atoms with Gasteiger partial charge in [-0.2, -0.15) is 0 Å². The summed E-state index contributed by atoms with van der Waals surface area (Å²) >= 11 is 0. The van der Waals surface area contributed by atoms with Crippen LogP contribution in [-0.4, -0.2) is 16.2 Å². The highest BCUT2D eigenvalue weighted by molar-refractivity contribution is 5.91. The minimum atomic E-state index is -1.38. The SMILES string of the molecule is O=C(O)c1c(F)cccc1OCc1ccno1. The van der Waals surface area contributed by atoms with Gasteiger partial charge in [0.25, 0.3) is 0 Å². The van der Waals surface area contributed by atoms with Crippen molar-refractivity contribution in [3.63, 3.8) is 0 Å². The third-order valence-corrected chi connectivity index (χ3v) is 2.05. The highest BCUT2D eigenvalue weighted by atomic mass is 19.1. The van der Waals surface area contributed by atoms with E-state index in [1.807, 2.05) is 0 Å². The number of aromatic carboxylic acids is 1. The molecule has 17 heavy (non-hydrogen) atoms. The minimum absolute atomic E-state index is 0.0102. The fraction of sp³-hybridized carbons (Fsp3) is 0.0909. The molecule has 2 aromatic rings. The van der Waals surface area contributed by atoms with E-state index in [2.05, 4.69) is 5.16 Å². The van der Waals surface area contributed by atoms with Crippen molar-refractivity contribution in [1.82, 2.24) is 5.16 Å². The molecule has 2 rings (SSSR count). The molecule has 0 bridgehead atoms. The average molecular weight is 237 g/mol. The van der Waals surface area contributed by atoms with E-state index in [1.54, 1.807) is 6.07 Å². The van der Waals surface area contributed by atoms with Crippen LogP contribution in [0.1, 0.15) is 16.1 Å². The van der Waals surface area contributed by atoms with Gasteiger partial charge in [-0.1, -0.05) is 11.2 Å². The van der Waals surface area contributed by atoms with Gasteiger partial charge in [0.1, 0.15) is 23.7 Å². The summed E-state index contributed by atoms with van der Waals surface area (Å²) < 4.78 is 23.2. The second-order valence-corrected chi connectivity index (χ2v) is 3.19. The van der Waals surface area contributed by atoms with Crippen LogP contribution < -0.4 is 4.74 Å². The maximum Gasteiger partial charge on any atom is 0.342 e. The molecule has 5 nitrogen and oxygen atoms in total. The van der Waals surface area contributed by atoms with Crippen molar-refractivity contribution in [2.75, 3.05) is 0 Å². The summed E-state index contributed by atoms with van der Waals surface area (Å²) in [4.78, 5) is 10.8. The second-order valence-electron chi connectivity index (χ2n) is 3.19. The summed E-state index contributed by atoms with van der Waals surface area (Å²) in [6, 6.07) is 5.38. The first kappa shape index (κ1) is 11.1. The van der Waals surface area contributed by atoms with Gasteiger partial charge in [-0.25, -0.2) is 9.18 Å². The van der Waals surface area contributed by atoms with Gasteiger partial charge in [0, 0.05) is 6.07 Å². The molecular formula is C11H8FNO4. The molecule has 0 amide bonds. The van der Waals surface area contributed by atoms with Gasteiger partial charge in [-0.15, -0.1) is 0 Å². The Morgan fingerprint density at radius 2 is 2.29 bits per heavy atom. The van der Waals surface area contributed by atoms with Gasteiger partial charge >= 0.3 is 5.97 Å². The number of hydrogen-bond acceptors (Lipinski definition) is 4. The standard InChI is InChI=1S/C11H8FNO4/c12-8-2-1-3-9(10(8)11(14)15)16-6-7-4-5-13-17-7/h1-5H,6H2,(H,14,15). The second kappa shape index (κ2) is 4.65.